The molecule has 0 aliphatic carbocycles. The first kappa shape index (κ1) is 17.8. The molecule has 4 rings (SSSR count). The van der Waals surface area contributed by atoms with Gasteiger partial charge in [-0.15, -0.1) is 11.3 Å². The smallest absolute Gasteiger partial charge is 0.165 e. The quantitative estimate of drug-likeness (QED) is 0.876. The van der Waals surface area contributed by atoms with E-state index in [2.05, 4.69) is 42.0 Å². The van der Waals surface area contributed by atoms with Gasteiger partial charge in [0.2, 0.25) is 0 Å². The van der Waals surface area contributed by atoms with Crippen LogP contribution in [0.15, 0.2) is 24.3 Å². The number of hydrogen-bond acceptors (Lipinski definition) is 5. The standard InChI is InChI=1S/C21H28N2O2S/c1-15-5-6-20(26-15)16-12-17-14-23(9-7-18-4-3-8-22(18)2)10-11-25-21(17)19(24)13-16/h5-6,12-13,18,24H,3-4,7-11,14H2,1-2H3/t18-/m0/s1. The molecule has 26 heavy (non-hydrogen) atoms. The Morgan fingerprint density at radius 1 is 1.27 bits per heavy atom. The van der Waals surface area contributed by atoms with E-state index in [1.165, 1.54) is 35.6 Å². The molecular formula is C21H28N2O2S. The molecule has 0 spiro atoms. The maximum Gasteiger partial charge on any atom is 0.165 e. The Bertz CT molecular complexity index is 773. The summed E-state index contributed by atoms with van der Waals surface area (Å²) < 4.78 is 5.90. The molecule has 2 aliphatic heterocycles. The zero-order valence-electron chi connectivity index (χ0n) is 15.7. The predicted octanol–water partition coefficient (Wildman–Crippen LogP) is 4.11. The number of phenols is 1. The van der Waals surface area contributed by atoms with Crippen LogP contribution >= 0.6 is 11.3 Å². The fourth-order valence-electron chi connectivity index (χ4n) is 4.15. The molecule has 0 saturated carbocycles. The number of aromatic hydroxyl groups is 1. The third kappa shape index (κ3) is 3.75. The second-order valence-corrected chi connectivity index (χ2v) is 8.87. The first-order valence-corrected chi connectivity index (χ1v) is 10.4. The molecule has 1 aromatic carbocycles. The topological polar surface area (TPSA) is 35.9 Å². The van der Waals surface area contributed by atoms with Crippen LogP contribution in [0.4, 0.5) is 0 Å². The lowest BCUT2D eigenvalue weighted by Gasteiger charge is -2.24. The number of thiophene rings is 1. The minimum absolute atomic E-state index is 0.265. The molecule has 5 heteroatoms. The Morgan fingerprint density at radius 3 is 2.88 bits per heavy atom. The number of hydrogen-bond donors (Lipinski definition) is 1. The molecule has 1 aromatic heterocycles. The molecule has 2 aliphatic rings. The summed E-state index contributed by atoms with van der Waals surface area (Å²) in [5.74, 6) is 0.934. The van der Waals surface area contributed by atoms with E-state index in [0.717, 1.165) is 30.8 Å². The van der Waals surface area contributed by atoms with Crippen molar-refractivity contribution in [3.8, 4) is 21.9 Å². The van der Waals surface area contributed by atoms with Crippen LogP contribution < -0.4 is 4.74 Å². The zero-order chi connectivity index (χ0) is 18.1. The van der Waals surface area contributed by atoms with Crippen LogP contribution in [0.5, 0.6) is 11.5 Å². The van der Waals surface area contributed by atoms with Crippen molar-refractivity contribution >= 4 is 11.3 Å². The number of ether oxygens (including phenoxy) is 1. The van der Waals surface area contributed by atoms with Crippen LogP contribution in [0.25, 0.3) is 10.4 Å². The van der Waals surface area contributed by atoms with Gasteiger partial charge in [-0.3, -0.25) is 4.90 Å². The number of fused-ring (bicyclic) bond motifs is 1. The molecule has 140 valence electrons. The summed E-state index contributed by atoms with van der Waals surface area (Å²) in [7, 11) is 2.24. The van der Waals surface area contributed by atoms with Crippen LogP contribution in [0, 0.1) is 6.92 Å². The Balaban J connectivity index is 1.52. The van der Waals surface area contributed by atoms with E-state index < -0.39 is 0 Å². The van der Waals surface area contributed by atoms with Gasteiger partial charge in [-0.05, 0) is 69.6 Å². The highest BCUT2D eigenvalue weighted by Gasteiger charge is 2.24. The van der Waals surface area contributed by atoms with Crippen molar-refractivity contribution in [1.82, 2.24) is 9.80 Å². The minimum atomic E-state index is 0.265. The number of aryl methyl sites for hydroxylation is 1. The molecule has 0 amide bonds. The minimum Gasteiger partial charge on any atom is -0.504 e. The van der Waals surface area contributed by atoms with Crippen LogP contribution in [-0.2, 0) is 6.54 Å². The Hall–Kier alpha value is -1.56. The fraction of sp³-hybridized carbons (Fsp3) is 0.524. The van der Waals surface area contributed by atoms with E-state index in [9.17, 15) is 5.11 Å². The van der Waals surface area contributed by atoms with Gasteiger partial charge in [-0.1, -0.05) is 0 Å². The van der Waals surface area contributed by atoms with Crippen molar-refractivity contribution < 1.29 is 9.84 Å². The number of nitrogens with zero attached hydrogens (tertiary/aromatic N) is 2. The van der Waals surface area contributed by atoms with E-state index >= 15 is 0 Å². The van der Waals surface area contributed by atoms with Crippen molar-refractivity contribution in [3.05, 3.63) is 34.7 Å². The van der Waals surface area contributed by atoms with Crippen molar-refractivity contribution in [1.29, 1.82) is 0 Å². The molecular weight excluding hydrogens is 344 g/mol. The Kier molecular flexibility index (Phi) is 5.20. The lowest BCUT2D eigenvalue weighted by Crippen LogP contribution is -2.32. The molecule has 0 bridgehead atoms. The number of phenolic OH excluding ortho intramolecular Hbond substituents is 1. The monoisotopic (exact) mass is 372 g/mol. The normalized spacial score (nSPS) is 21.4. The average Bonchev–Trinajstić information content (AvgIpc) is 3.16. The van der Waals surface area contributed by atoms with Gasteiger partial charge in [0.15, 0.2) is 11.5 Å². The molecule has 2 aromatic rings. The molecule has 1 N–H and O–H groups in total. The van der Waals surface area contributed by atoms with E-state index in [-0.39, 0.29) is 5.75 Å². The van der Waals surface area contributed by atoms with Crippen molar-refractivity contribution in [2.75, 3.05) is 33.3 Å². The summed E-state index contributed by atoms with van der Waals surface area (Å²) in [6.45, 7) is 6.82. The number of benzene rings is 1. The van der Waals surface area contributed by atoms with Crippen LogP contribution in [0.2, 0.25) is 0 Å². The molecule has 3 heterocycles. The lowest BCUT2D eigenvalue weighted by atomic mass is 10.1. The first-order valence-electron chi connectivity index (χ1n) is 9.58. The van der Waals surface area contributed by atoms with Gasteiger partial charge in [-0.25, -0.2) is 0 Å². The van der Waals surface area contributed by atoms with Crippen molar-refractivity contribution in [3.63, 3.8) is 0 Å². The lowest BCUT2D eigenvalue weighted by molar-refractivity contribution is 0.197. The highest BCUT2D eigenvalue weighted by atomic mass is 32.1. The highest BCUT2D eigenvalue weighted by Crippen LogP contribution is 2.39. The third-order valence-corrected chi connectivity index (χ3v) is 6.72. The number of likely N-dealkylation sites (tertiary alicyclic amines) is 1. The Labute approximate surface area is 160 Å². The van der Waals surface area contributed by atoms with E-state index in [4.69, 9.17) is 4.74 Å². The first-order chi connectivity index (χ1) is 12.6. The summed E-state index contributed by atoms with van der Waals surface area (Å²) in [6, 6.07) is 9.01. The second kappa shape index (κ2) is 7.59. The van der Waals surface area contributed by atoms with Gasteiger partial charge in [0.25, 0.3) is 0 Å². The summed E-state index contributed by atoms with van der Waals surface area (Å²) in [4.78, 5) is 7.45. The van der Waals surface area contributed by atoms with Gasteiger partial charge in [0.05, 0.1) is 0 Å². The molecule has 0 radical (unpaired) electrons. The average molecular weight is 373 g/mol. The maximum atomic E-state index is 10.5. The fourth-order valence-corrected chi connectivity index (χ4v) is 5.01. The van der Waals surface area contributed by atoms with E-state index in [1.807, 2.05) is 6.07 Å². The van der Waals surface area contributed by atoms with E-state index in [1.54, 1.807) is 11.3 Å². The summed E-state index contributed by atoms with van der Waals surface area (Å²) in [6.07, 6.45) is 3.85. The SMILES string of the molecule is Cc1ccc(-c2cc(O)c3c(c2)CN(CC[C@@H]2CCCN2C)CCO3)s1. The van der Waals surface area contributed by atoms with Gasteiger partial charge < -0.3 is 14.7 Å². The second-order valence-electron chi connectivity index (χ2n) is 7.58. The van der Waals surface area contributed by atoms with Crippen molar-refractivity contribution in [2.24, 2.45) is 0 Å². The molecule has 1 atom stereocenters. The van der Waals surface area contributed by atoms with Gasteiger partial charge in [0.1, 0.15) is 6.61 Å². The van der Waals surface area contributed by atoms with Gasteiger partial charge in [-0.2, -0.15) is 0 Å². The van der Waals surface area contributed by atoms with Crippen LogP contribution in [0.3, 0.4) is 0 Å². The molecule has 1 fully saturated rings. The summed E-state index contributed by atoms with van der Waals surface area (Å²) in [5.41, 5.74) is 2.18. The molecule has 1 saturated heterocycles. The third-order valence-electron chi connectivity index (χ3n) is 5.67. The predicted molar refractivity (Wildman–Crippen MR) is 107 cm³/mol. The van der Waals surface area contributed by atoms with Gasteiger partial charge in [0, 0.05) is 41.0 Å². The maximum absolute atomic E-state index is 10.5. The van der Waals surface area contributed by atoms with Gasteiger partial charge >= 0.3 is 0 Å². The van der Waals surface area contributed by atoms with Crippen LogP contribution in [-0.4, -0.2) is 54.2 Å². The largest absolute Gasteiger partial charge is 0.504 e. The molecule has 4 nitrogen and oxygen atoms in total. The van der Waals surface area contributed by atoms with Crippen LogP contribution in [0.1, 0.15) is 29.7 Å². The number of rotatable bonds is 4. The summed E-state index contributed by atoms with van der Waals surface area (Å²) >= 11 is 1.76. The summed E-state index contributed by atoms with van der Waals surface area (Å²) in [5, 5.41) is 10.5. The Morgan fingerprint density at radius 2 is 2.15 bits per heavy atom. The van der Waals surface area contributed by atoms with E-state index in [0.29, 0.717) is 18.4 Å². The molecule has 0 unspecified atom stereocenters. The highest BCUT2D eigenvalue weighted by molar-refractivity contribution is 7.15. The van der Waals surface area contributed by atoms with Crippen molar-refractivity contribution in [2.45, 2.75) is 38.8 Å². The zero-order valence-corrected chi connectivity index (χ0v) is 16.5.